The number of aliphatic carboxylic acids is 1. The second-order valence-electron chi connectivity index (χ2n) is 5.39. The summed E-state index contributed by atoms with van der Waals surface area (Å²) in [5, 5.41) is 13.5. The van der Waals surface area contributed by atoms with Gasteiger partial charge in [0.05, 0.1) is 5.41 Å². The van der Waals surface area contributed by atoms with Crippen molar-refractivity contribution in [3.05, 3.63) is 11.7 Å². The van der Waals surface area contributed by atoms with Crippen molar-refractivity contribution in [1.29, 1.82) is 0 Å². The quantitative estimate of drug-likeness (QED) is 0.753. The van der Waals surface area contributed by atoms with Gasteiger partial charge >= 0.3 is 5.97 Å². The summed E-state index contributed by atoms with van der Waals surface area (Å²) in [6.45, 7) is 7.74. The summed E-state index contributed by atoms with van der Waals surface area (Å²) < 4.78 is 10.8. The van der Waals surface area contributed by atoms with Crippen molar-refractivity contribution in [3.8, 4) is 0 Å². The van der Waals surface area contributed by atoms with E-state index in [0.717, 1.165) is 12.8 Å². The van der Waals surface area contributed by atoms with Crippen LogP contribution in [0.25, 0.3) is 0 Å². The Morgan fingerprint density at radius 3 is 2.14 bits per heavy atom. The summed E-state index contributed by atoms with van der Waals surface area (Å²) in [6.07, 6.45) is 2.74. The molecule has 1 rings (SSSR count). The average molecular weight is 298 g/mol. The van der Waals surface area contributed by atoms with Crippen LogP contribution in [0.2, 0.25) is 0 Å². The van der Waals surface area contributed by atoms with Gasteiger partial charge < -0.3 is 14.4 Å². The molecule has 6 nitrogen and oxygen atoms in total. The lowest BCUT2D eigenvalue weighted by Crippen LogP contribution is -2.32. The monoisotopic (exact) mass is 298 g/mol. The van der Waals surface area contributed by atoms with E-state index in [2.05, 4.69) is 10.1 Å². The van der Waals surface area contributed by atoms with Crippen LogP contribution in [0.4, 0.5) is 0 Å². The van der Waals surface area contributed by atoms with Gasteiger partial charge in [0.2, 0.25) is 11.7 Å². The number of methoxy groups -OCH3 is 1. The normalized spacial score (nSPS) is 12.6. The standard InChI is InChI=1S/C15H26N2O4/c1-6-14(7-2,13(18)19)10-11-16-12(17-21-11)15(8-3,9-4)20-5/h6-10H2,1-5H3,(H,18,19). The van der Waals surface area contributed by atoms with Crippen molar-refractivity contribution in [2.24, 2.45) is 5.41 Å². The van der Waals surface area contributed by atoms with E-state index in [1.54, 1.807) is 7.11 Å². The zero-order chi connectivity index (χ0) is 16.1. The topological polar surface area (TPSA) is 85.5 Å². The van der Waals surface area contributed by atoms with E-state index in [4.69, 9.17) is 9.26 Å². The number of aromatic nitrogens is 2. The van der Waals surface area contributed by atoms with Crippen LogP contribution < -0.4 is 0 Å². The number of carboxylic acid groups (broad SMARTS) is 1. The van der Waals surface area contributed by atoms with Gasteiger partial charge in [-0.2, -0.15) is 4.98 Å². The lowest BCUT2D eigenvalue weighted by molar-refractivity contribution is -0.149. The second kappa shape index (κ2) is 7.02. The summed E-state index contributed by atoms with van der Waals surface area (Å²) in [6, 6.07) is 0. The second-order valence-corrected chi connectivity index (χ2v) is 5.39. The van der Waals surface area contributed by atoms with Gasteiger partial charge in [-0.1, -0.05) is 32.9 Å². The minimum absolute atomic E-state index is 0.246. The van der Waals surface area contributed by atoms with E-state index in [1.807, 2.05) is 27.7 Å². The summed E-state index contributed by atoms with van der Waals surface area (Å²) >= 11 is 0. The van der Waals surface area contributed by atoms with E-state index in [-0.39, 0.29) is 6.42 Å². The maximum Gasteiger partial charge on any atom is 0.310 e. The summed E-state index contributed by atoms with van der Waals surface area (Å²) in [5.74, 6) is 0.0344. The number of hydrogen-bond acceptors (Lipinski definition) is 5. The fraction of sp³-hybridized carbons (Fsp3) is 0.800. The van der Waals surface area contributed by atoms with Crippen molar-refractivity contribution < 1.29 is 19.2 Å². The number of ether oxygens (including phenoxy) is 1. The van der Waals surface area contributed by atoms with Crippen LogP contribution in [0.15, 0.2) is 4.52 Å². The first-order valence-corrected chi connectivity index (χ1v) is 7.55. The molecule has 0 aromatic carbocycles. The highest BCUT2D eigenvalue weighted by atomic mass is 16.5. The predicted molar refractivity (Wildman–Crippen MR) is 77.9 cm³/mol. The minimum atomic E-state index is -0.849. The van der Waals surface area contributed by atoms with Crippen LogP contribution in [0, 0.1) is 5.41 Å². The van der Waals surface area contributed by atoms with Gasteiger partial charge in [0, 0.05) is 13.5 Å². The van der Waals surface area contributed by atoms with Crippen molar-refractivity contribution in [1.82, 2.24) is 10.1 Å². The number of hydrogen-bond donors (Lipinski definition) is 1. The molecule has 6 heteroatoms. The van der Waals surface area contributed by atoms with Crippen molar-refractivity contribution in [3.63, 3.8) is 0 Å². The molecule has 1 N–H and O–H groups in total. The first-order valence-electron chi connectivity index (χ1n) is 7.55. The summed E-state index contributed by atoms with van der Waals surface area (Å²) in [7, 11) is 1.63. The fourth-order valence-electron chi connectivity index (χ4n) is 2.63. The van der Waals surface area contributed by atoms with E-state index >= 15 is 0 Å². The van der Waals surface area contributed by atoms with Gasteiger partial charge in [-0.15, -0.1) is 0 Å². The van der Waals surface area contributed by atoms with Crippen LogP contribution in [-0.4, -0.2) is 28.3 Å². The molecule has 0 saturated carbocycles. The van der Waals surface area contributed by atoms with Gasteiger partial charge in [0.25, 0.3) is 0 Å². The molecule has 0 unspecified atom stereocenters. The Labute approximate surface area is 125 Å². The lowest BCUT2D eigenvalue weighted by Gasteiger charge is -2.26. The van der Waals surface area contributed by atoms with E-state index in [9.17, 15) is 9.90 Å². The first kappa shape index (κ1) is 17.6. The fourth-order valence-corrected chi connectivity index (χ4v) is 2.63. The van der Waals surface area contributed by atoms with Gasteiger partial charge in [0.1, 0.15) is 5.60 Å². The number of nitrogens with zero attached hydrogens (tertiary/aromatic N) is 2. The highest BCUT2D eigenvalue weighted by Crippen LogP contribution is 2.33. The van der Waals surface area contributed by atoms with E-state index in [0.29, 0.717) is 24.6 Å². The number of carboxylic acids is 1. The van der Waals surface area contributed by atoms with Crippen molar-refractivity contribution in [2.75, 3.05) is 7.11 Å². The van der Waals surface area contributed by atoms with Gasteiger partial charge in [0.15, 0.2) is 0 Å². The molecular formula is C15H26N2O4. The van der Waals surface area contributed by atoms with Gasteiger partial charge in [-0.25, -0.2) is 0 Å². The molecule has 0 aliphatic carbocycles. The molecule has 0 aliphatic heterocycles. The Kier molecular flexibility index (Phi) is 5.89. The predicted octanol–water partition coefficient (Wildman–Crippen LogP) is 3.16. The Morgan fingerprint density at radius 2 is 1.76 bits per heavy atom. The van der Waals surface area contributed by atoms with Crippen LogP contribution >= 0.6 is 0 Å². The lowest BCUT2D eigenvalue weighted by atomic mass is 9.79. The largest absolute Gasteiger partial charge is 0.481 e. The maximum absolute atomic E-state index is 11.5. The highest BCUT2D eigenvalue weighted by molar-refractivity contribution is 5.74. The van der Waals surface area contributed by atoms with Crippen LogP contribution in [0.3, 0.4) is 0 Å². The molecule has 1 aromatic rings. The Hall–Kier alpha value is -1.43. The molecule has 0 fully saturated rings. The van der Waals surface area contributed by atoms with Crippen LogP contribution in [0.1, 0.15) is 65.1 Å². The number of carbonyl (C=O) groups is 1. The molecule has 0 aliphatic rings. The van der Waals surface area contributed by atoms with Crippen LogP contribution in [-0.2, 0) is 21.6 Å². The molecule has 0 saturated heterocycles. The summed E-state index contributed by atoms with van der Waals surface area (Å²) in [4.78, 5) is 15.9. The molecule has 0 bridgehead atoms. The van der Waals surface area contributed by atoms with Crippen molar-refractivity contribution >= 4 is 5.97 Å². The van der Waals surface area contributed by atoms with E-state index < -0.39 is 17.0 Å². The Bertz CT molecular complexity index is 454. The molecule has 0 spiro atoms. The molecule has 1 heterocycles. The zero-order valence-electron chi connectivity index (χ0n) is 13.6. The first-order chi connectivity index (χ1) is 9.93. The molecule has 120 valence electrons. The highest BCUT2D eigenvalue weighted by Gasteiger charge is 2.39. The Morgan fingerprint density at radius 1 is 1.19 bits per heavy atom. The third-order valence-electron chi connectivity index (χ3n) is 4.71. The molecule has 0 atom stereocenters. The molecule has 0 amide bonds. The smallest absolute Gasteiger partial charge is 0.310 e. The maximum atomic E-state index is 11.5. The molecular weight excluding hydrogens is 272 g/mol. The van der Waals surface area contributed by atoms with Crippen molar-refractivity contribution in [2.45, 2.75) is 65.4 Å². The third kappa shape index (κ3) is 3.26. The number of rotatable bonds is 9. The zero-order valence-corrected chi connectivity index (χ0v) is 13.6. The molecule has 0 radical (unpaired) electrons. The molecule has 1 aromatic heterocycles. The minimum Gasteiger partial charge on any atom is -0.481 e. The SMILES string of the molecule is CCC(CC)(Cc1nc(C(CC)(CC)OC)no1)C(=O)O. The van der Waals surface area contributed by atoms with Crippen LogP contribution in [0.5, 0.6) is 0 Å². The summed E-state index contributed by atoms with van der Waals surface area (Å²) in [5.41, 5.74) is -1.41. The average Bonchev–Trinajstić information content (AvgIpc) is 2.96. The van der Waals surface area contributed by atoms with E-state index in [1.165, 1.54) is 0 Å². The third-order valence-corrected chi connectivity index (χ3v) is 4.71. The Balaban J connectivity index is 3.06. The molecule has 21 heavy (non-hydrogen) atoms. The van der Waals surface area contributed by atoms with Gasteiger partial charge in [-0.3, -0.25) is 4.79 Å². The van der Waals surface area contributed by atoms with Gasteiger partial charge in [-0.05, 0) is 25.7 Å².